The van der Waals surface area contributed by atoms with Crippen LogP contribution in [0.1, 0.15) is 30.3 Å². The molecule has 0 spiro atoms. The van der Waals surface area contributed by atoms with Crippen LogP contribution in [0.2, 0.25) is 5.02 Å². The maximum absolute atomic E-state index is 6.51. The van der Waals surface area contributed by atoms with Crippen LogP contribution in [0.3, 0.4) is 0 Å². The molecule has 7 nitrogen and oxygen atoms in total. The van der Waals surface area contributed by atoms with E-state index in [4.69, 9.17) is 16.1 Å². The lowest BCUT2D eigenvalue weighted by Crippen LogP contribution is -2.03. The summed E-state index contributed by atoms with van der Waals surface area (Å²) in [7, 11) is 0. The van der Waals surface area contributed by atoms with Gasteiger partial charge in [-0.3, -0.25) is 4.57 Å². The van der Waals surface area contributed by atoms with Gasteiger partial charge in [0.15, 0.2) is 11.5 Å². The number of aromatic nitrogens is 6. The summed E-state index contributed by atoms with van der Waals surface area (Å²) >= 11 is 6.51. The van der Waals surface area contributed by atoms with Gasteiger partial charge in [0.1, 0.15) is 12.2 Å². The minimum atomic E-state index is 0.438. The smallest absolute Gasteiger partial charge is 0.278 e. The molecule has 0 radical (unpaired) electrons. The SMILES string of the molecule is Clc1cccc2c1-c1nccn1Cc1c(-c3nc(C4CC4)no3)ncn1-2. The molecule has 26 heavy (non-hydrogen) atoms. The van der Waals surface area contributed by atoms with Crippen molar-refractivity contribution in [1.29, 1.82) is 0 Å². The van der Waals surface area contributed by atoms with Crippen LogP contribution in [0.4, 0.5) is 0 Å². The van der Waals surface area contributed by atoms with Crippen LogP contribution in [-0.2, 0) is 6.54 Å². The van der Waals surface area contributed by atoms with Gasteiger partial charge in [0.2, 0.25) is 0 Å². The van der Waals surface area contributed by atoms with Crippen LogP contribution < -0.4 is 0 Å². The molecular weight excluding hydrogens is 352 g/mol. The van der Waals surface area contributed by atoms with Gasteiger partial charge < -0.3 is 9.09 Å². The van der Waals surface area contributed by atoms with Gasteiger partial charge in [-0.2, -0.15) is 4.98 Å². The predicted octanol–water partition coefficient (Wildman–Crippen LogP) is 3.68. The molecule has 1 aromatic carbocycles. The van der Waals surface area contributed by atoms with E-state index in [0.29, 0.717) is 29.1 Å². The normalized spacial score (nSPS) is 15.3. The summed E-state index contributed by atoms with van der Waals surface area (Å²) in [6, 6.07) is 5.83. The molecule has 0 N–H and O–H groups in total. The summed E-state index contributed by atoms with van der Waals surface area (Å²) in [5.74, 6) is 2.52. The summed E-state index contributed by atoms with van der Waals surface area (Å²) in [6.07, 6.45) is 7.77. The van der Waals surface area contributed by atoms with Crippen LogP contribution >= 0.6 is 11.6 Å². The predicted molar refractivity (Wildman–Crippen MR) is 94.2 cm³/mol. The van der Waals surface area contributed by atoms with Gasteiger partial charge in [0, 0.05) is 18.3 Å². The molecule has 4 aromatic rings. The second-order valence-electron chi connectivity index (χ2n) is 6.65. The molecule has 1 fully saturated rings. The Bertz CT molecular complexity index is 1150. The Morgan fingerprint density at radius 1 is 1.19 bits per heavy atom. The maximum Gasteiger partial charge on any atom is 0.278 e. The molecule has 8 heteroatoms. The first-order chi connectivity index (χ1) is 12.8. The topological polar surface area (TPSA) is 74.6 Å². The van der Waals surface area contributed by atoms with Crippen molar-refractivity contribution in [3.05, 3.63) is 53.5 Å². The molecule has 1 aliphatic carbocycles. The fraction of sp³-hybridized carbons (Fsp3) is 0.222. The Morgan fingerprint density at radius 3 is 3.00 bits per heavy atom. The molecule has 128 valence electrons. The largest absolute Gasteiger partial charge is 0.332 e. The highest BCUT2D eigenvalue weighted by Gasteiger charge is 2.31. The first-order valence-electron chi connectivity index (χ1n) is 8.50. The molecule has 2 aliphatic rings. The molecule has 1 aliphatic heterocycles. The Hall–Kier alpha value is -2.93. The molecule has 0 atom stereocenters. The van der Waals surface area contributed by atoms with E-state index in [-0.39, 0.29) is 0 Å². The van der Waals surface area contributed by atoms with Crippen molar-refractivity contribution in [2.75, 3.05) is 0 Å². The zero-order chi connectivity index (χ0) is 17.3. The number of halogens is 1. The highest BCUT2D eigenvalue weighted by molar-refractivity contribution is 6.33. The average molecular weight is 365 g/mol. The van der Waals surface area contributed by atoms with Crippen molar-refractivity contribution >= 4 is 11.6 Å². The van der Waals surface area contributed by atoms with Crippen LogP contribution in [0, 0.1) is 0 Å². The lowest BCUT2D eigenvalue weighted by atomic mass is 10.1. The van der Waals surface area contributed by atoms with Crippen molar-refractivity contribution in [1.82, 2.24) is 29.2 Å². The van der Waals surface area contributed by atoms with Crippen molar-refractivity contribution < 1.29 is 4.52 Å². The summed E-state index contributed by atoms with van der Waals surface area (Å²) in [6.45, 7) is 0.594. The number of rotatable bonds is 2. The van der Waals surface area contributed by atoms with E-state index >= 15 is 0 Å². The molecule has 1 saturated carbocycles. The van der Waals surface area contributed by atoms with E-state index in [0.717, 1.165) is 41.4 Å². The van der Waals surface area contributed by atoms with Gasteiger partial charge in [-0.15, -0.1) is 0 Å². The standard InChI is InChI=1S/C18H13ClN6O/c19-11-2-1-3-12-14(11)17-20-6-7-24(17)8-13-15(21-9-25(12)13)18-22-16(23-26-18)10-4-5-10/h1-3,6-7,9-10H,4-5,8H2. The average Bonchev–Trinajstić information content (AvgIpc) is 3.05. The van der Waals surface area contributed by atoms with Crippen LogP contribution in [0.5, 0.6) is 0 Å². The van der Waals surface area contributed by atoms with Gasteiger partial charge in [0.05, 0.1) is 28.5 Å². The summed E-state index contributed by atoms with van der Waals surface area (Å²) in [5.41, 5.74) is 3.51. The fourth-order valence-corrected chi connectivity index (χ4v) is 3.76. The van der Waals surface area contributed by atoms with E-state index < -0.39 is 0 Å². The first-order valence-corrected chi connectivity index (χ1v) is 8.88. The van der Waals surface area contributed by atoms with E-state index in [1.165, 1.54) is 0 Å². The molecule has 0 amide bonds. The minimum absolute atomic E-state index is 0.438. The molecule has 4 heterocycles. The zero-order valence-corrected chi connectivity index (χ0v) is 14.4. The van der Waals surface area contributed by atoms with Crippen molar-refractivity contribution in [3.8, 4) is 28.7 Å². The van der Waals surface area contributed by atoms with Crippen molar-refractivity contribution in [3.63, 3.8) is 0 Å². The van der Waals surface area contributed by atoms with Gasteiger partial charge >= 0.3 is 0 Å². The molecule has 0 bridgehead atoms. The Morgan fingerprint density at radius 2 is 2.12 bits per heavy atom. The third-order valence-electron chi connectivity index (χ3n) is 4.96. The summed E-state index contributed by atoms with van der Waals surface area (Å²) in [4.78, 5) is 13.7. The van der Waals surface area contributed by atoms with Gasteiger partial charge in [0.25, 0.3) is 5.89 Å². The highest BCUT2D eigenvalue weighted by atomic mass is 35.5. The van der Waals surface area contributed by atoms with Gasteiger partial charge in [-0.1, -0.05) is 22.8 Å². The van der Waals surface area contributed by atoms with Crippen LogP contribution in [0.25, 0.3) is 28.7 Å². The number of hydrogen-bond acceptors (Lipinski definition) is 5. The molecule has 0 unspecified atom stereocenters. The lowest BCUT2D eigenvalue weighted by Gasteiger charge is -2.09. The van der Waals surface area contributed by atoms with Crippen LogP contribution in [-0.4, -0.2) is 29.2 Å². The van der Waals surface area contributed by atoms with E-state index in [2.05, 4.69) is 24.7 Å². The zero-order valence-electron chi connectivity index (χ0n) is 13.6. The lowest BCUT2D eigenvalue weighted by molar-refractivity contribution is 0.421. The number of fused-ring (bicyclic) bond motifs is 5. The van der Waals surface area contributed by atoms with Crippen molar-refractivity contribution in [2.45, 2.75) is 25.3 Å². The first kappa shape index (κ1) is 14.3. The Labute approximate surface area is 153 Å². The van der Waals surface area contributed by atoms with E-state index in [1.54, 1.807) is 12.5 Å². The third kappa shape index (κ3) is 1.94. The van der Waals surface area contributed by atoms with Gasteiger partial charge in [-0.25, -0.2) is 9.97 Å². The fourth-order valence-electron chi connectivity index (χ4n) is 3.51. The highest BCUT2D eigenvalue weighted by Crippen LogP contribution is 2.40. The monoisotopic (exact) mass is 364 g/mol. The minimum Gasteiger partial charge on any atom is -0.332 e. The second-order valence-corrected chi connectivity index (χ2v) is 7.06. The second kappa shape index (κ2) is 5.04. The molecular formula is C18H13ClN6O. The molecule has 6 rings (SSSR count). The number of nitrogens with zero attached hydrogens (tertiary/aromatic N) is 6. The third-order valence-corrected chi connectivity index (χ3v) is 5.28. The Balaban J connectivity index is 1.59. The number of imidazole rings is 2. The maximum atomic E-state index is 6.51. The van der Waals surface area contributed by atoms with Crippen LogP contribution in [0.15, 0.2) is 41.4 Å². The summed E-state index contributed by atoms with van der Waals surface area (Å²) < 4.78 is 9.61. The van der Waals surface area contributed by atoms with E-state index in [1.807, 2.05) is 29.0 Å². The summed E-state index contributed by atoms with van der Waals surface area (Å²) in [5, 5.41) is 4.78. The number of benzene rings is 1. The Kier molecular flexibility index (Phi) is 2.77. The molecule has 0 saturated heterocycles. The van der Waals surface area contributed by atoms with E-state index in [9.17, 15) is 0 Å². The molecule has 3 aromatic heterocycles. The van der Waals surface area contributed by atoms with Crippen molar-refractivity contribution in [2.24, 2.45) is 0 Å². The van der Waals surface area contributed by atoms with Gasteiger partial charge in [-0.05, 0) is 25.0 Å². The quantitative estimate of drug-likeness (QED) is 0.477. The number of hydrogen-bond donors (Lipinski definition) is 0.